The van der Waals surface area contributed by atoms with E-state index in [-0.39, 0.29) is 11.8 Å². The van der Waals surface area contributed by atoms with Gasteiger partial charge >= 0.3 is 5.97 Å². The fraction of sp³-hybridized carbons (Fsp3) is 0.688. The first-order valence-corrected chi connectivity index (χ1v) is 7.85. The van der Waals surface area contributed by atoms with Crippen LogP contribution in [0.4, 0.5) is 0 Å². The number of aliphatic carboxylic acids is 1. The van der Waals surface area contributed by atoms with Crippen LogP contribution in [-0.2, 0) is 23.1 Å². The fourth-order valence-corrected chi connectivity index (χ4v) is 3.24. The Kier molecular flexibility index (Phi) is 4.88. The van der Waals surface area contributed by atoms with E-state index in [9.17, 15) is 14.7 Å². The normalized spacial score (nSPS) is 20.0. The van der Waals surface area contributed by atoms with Gasteiger partial charge in [0.15, 0.2) is 0 Å². The lowest BCUT2D eigenvalue weighted by atomic mass is 9.95. The van der Waals surface area contributed by atoms with Crippen LogP contribution in [-0.4, -0.2) is 44.3 Å². The lowest BCUT2D eigenvalue weighted by molar-refractivity contribution is -0.153. The molecular formula is C16H25N3O3. The van der Waals surface area contributed by atoms with E-state index in [2.05, 4.69) is 5.10 Å². The van der Waals surface area contributed by atoms with E-state index in [0.717, 1.165) is 29.8 Å². The highest BCUT2D eigenvalue weighted by Crippen LogP contribution is 2.23. The minimum atomic E-state index is -0.894. The number of aryl methyl sites for hydroxylation is 2. The number of aromatic nitrogens is 2. The number of carbonyl (C=O) groups excluding carboxylic acids is 1. The zero-order chi connectivity index (χ0) is 16.4. The minimum absolute atomic E-state index is 0.0604. The van der Waals surface area contributed by atoms with Crippen molar-refractivity contribution in [3.05, 3.63) is 17.0 Å². The summed E-state index contributed by atoms with van der Waals surface area (Å²) < 4.78 is 1.82. The van der Waals surface area contributed by atoms with Crippen LogP contribution in [0.1, 0.15) is 43.1 Å². The number of likely N-dealkylation sites (tertiary alicyclic amines) is 1. The van der Waals surface area contributed by atoms with E-state index < -0.39 is 12.0 Å². The molecule has 0 radical (unpaired) electrons. The molecule has 1 aliphatic heterocycles. The Morgan fingerprint density at radius 2 is 2.05 bits per heavy atom. The van der Waals surface area contributed by atoms with Crippen molar-refractivity contribution in [3.63, 3.8) is 0 Å². The largest absolute Gasteiger partial charge is 0.480 e. The van der Waals surface area contributed by atoms with Crippen LogP contribution in [0.25, 0.3) is 0 Å². The molecule has 2 atom stereocenters. The third-order valence-corrected chi connectivity index (χ3v) is 4.66. The summed E-state index contributed by atoms with van der Waals surface area (Å²) in [7, 11) is 1.89. The smallest absolute Gasteiger partial charge is 0.326 e. The Morgan fingerprint density at radius 3 is 2.59 bits per heavy atom. The molecule has 122 valence electrons. The number of hydrogen-bond donors (Lipinski definition) is 1. The molecule has 0 bridgehead atoms. The average molecular weight is 307 g/mol. The number of hydrogen-bond acceptors (Lipinski definition) is 3. The van der Waals surface area contributed by atoms with Crippen LogP contribution < -0.4 is 0 Å². The van der Waals surface area contributed by atoms with E-state index in [1.54, 1.807) is 4.90 Å². The quantitative estimate of drug-likeness (QED) is 0.918. The summed E-state index contributed by atoms with van der Waals surface area (Å²) in [6.45, 7) is 6.36. The van der Waals surface area contributed by atoms with Crippen molar-refractivity contribution in [2.45, 2.75) is 52.5 Å². The molecule has 2 heterocycles. The van der Waals surface area contributed by atoms with Gasteiger partial charge in [0.1, 0.15) is 6.04 Å². The maximum absolute atomic E-state index is 12.7. The van der Waals surface area contributed by atoms with Crippen molar-refractivity contribution in [3.8, 4) is 0 Å². The molecule has 0 aromatic carbocycles. The molecule has 0 aliphatic carbocycles. The maximum Gasteiger partial charge on any atom is 0.326 e. The lowest BCUT2D eigenvalue weighted by Gasteiger charge is -2.34. The molecule has 1 saturated heterocycles. The topological polar surface area (TPSA) is 75.4 Å². The SMILES string of the molecule is Cc1nn(C)c(C)c1C[C@@H](C)C(=O)N1CCCC[C@@H]1C(=O)O. The third kappa shape index (κ3) is 3.15. The molecule has 0 unspecified atom stereocenters. The van der Waals surface area contributed by atoms with Gasteiger partial charge in [0.2, 0.25) is 5.91 Å². The minimum Gasteiger partial charge on any atom is -0.480 e. The summed E-state index contributed by atoms with van der Waals surface area (Å²) >= 11 is 0. The first-order chi connectivity index (χ1) is 10.3. The van der Waals surface area contributed by atoms with Gasteiger partial charge < -0.3 is 10.0 Å². The van der Waals surface area contributed by atoms with Gasteiger partial charge in [-0.1, -0.05) is 6.92 Å². The summed E-state index contributed by atoms with van der Waals surface area (Å²) in [6, 6.07) is -0.667. The Balaban J connectivity index is 2.12. The predicted octanol–water partition coefficient (Wildman–Crippen LogP) is 1.68. The number of carboxylic acids is 1. The Morgan fingerprint density at radius 1 is 1.36 bits per heavy atom. The van der Waals surface area contributed by atoms with Gasteiger partial charge in [-0.2, -0.15) is 5.10 Å². The molecule has 0 spiro atoms. The van der Waals surface area contributed by atoms with Crippen LogP contribution >= 0.6 is 0 Å². The van der Waals surface area contributed by atoms with E-state index >= 15 is 0 Å². The van der Waals surface area contributed by atoms with Gasteiger partial charge in [0.25, 0.3) is 0 Å². The Labute approximate surface area is 131 Å². The van der Waals surface area contributed by atoms with Gasteiger partial charge in [-0.25, -0.2) is 4.79 Å². The summed E-state index contributed by atoms with van der Waals surface area (Å²) in [5.74, 6) is -1.19. The molecule has 2 rings (SSSR count). The van der Waals surface area contributed by atoms with Crippen LogP contribution in [0, 0.1) is 19.8 Å². The number of nitrogens with zero attached hydrogens (tertiary/aromatic N) is 3. The number of amides is 1. The third-order valence-electron chi connectivity index (χ3n) is 4.66. The van der Waals surface area contributed by atoms with Gasteiger partial charge in [-0.05, 0) is 45.1 Å². The second kappa shape index (κ2) is 6.50. The lowest BCUT2D eigenvalue weighted by Crippen LogP contribution is -2.50. The molecule has 0 saturated carbocycles. The average Bonchev–Trinajstić information content (AvgIpc) is 2.72. The number of carbonyl (C=O) groups is 2. The van der Waals surface area contributed by atoms with Crippen molar-refractivity contribution in [2.24, 2.45) is 13.0 Å². The zero-order valence-electron chi connectivity index (χ0n) is 13.8. The number of piperidine rings is 1. The highest BCUT2D eigenvalue weighted by molar-refractivity contribution is 5.85. The van der Waals surface area contributed by atoms with Crippen LogP contribution in [0.2, 0.25) is 0 Å². The van der Waals surface area contributed by atoms with Crippen molar-refractivity contribution in [1.29, 1.82) is 0 Å². The first-order valence-electron chi connectivity index (χ1n) is 7.85. The van der Waals surface area contributed by atoms with Gasteiger partial charge in [0, 0.05) is 25.2 Å². The van der Waals surface area contributed by atoms with Crippen molar-refractivity contribution < 1.29 is 14.7 Å². The highest BCUT2D eigenvalue weighted by atomic mass is 16.4. The fourth-order valence-electron chi connectivity index (χ4n) is 3.24. The summed E-state index contributed by atoms with van der Waals surface area (Å²) in [5, 5.41) is 13.7. The number of carboxylic acid groups (broad SMARTS) is 1. The molecule has 6 nitrogen and oxygen atoms in total. The summed E-state index contributed by atoms with van der Waals surface area (Å²) in [5.41, 5.74) is 3.09. The maximum atomic E-state index is 12.7. The van der Waals surface area contributed by atoms with E-state index in [1.165, 1.54) is 0 Å². The van der Waals surface area contributed by atoms with Crippen molar-refractivity contribution in [2.75, 3.05) is 6.54 Å². The highest BCUT2D eigenvalue weighted by Gasteiger charge is 2.34. The molecule has 1 aromatic heterocycles. The first kappa shape index (κ1) is 16.5. The zero-order valence-corrected chi connectivity index (χ0v) is 13.8. The molecule has 6 heteroatoms. The van der Waals surface area contributed by atoms with Crippen LogP contribution in [0.5, 0.6) is 0 Å². The molecule has 1 aliphatic rings. The molecule has 1 aromatic rings. The van der Waals surface area contributed by atoms with E-state index in [0.29, 0.717) is 19.4 Å². The van der Waals surface area contributed by atoms with Crippen LogP contribution in [0.3, 0.4) is 0 Å². The summed E-state index contributed by atoms with van der Waals surface area (Å²) in [6.07, 6.45) is 2.91. The Bertz CT molecular complexity index is 579. The number of rotatable bonds is 4. The van der Waals surface area contributed by atoms with Crippen molar-refractivity contribution in [1.82, 2.24) is 14.7 Å². The molecule has 1 amide bonds. The molecule has 1 fully saturated rings. The standard InChI is InChI=1S/C16H25N3O3/c1-10(9-13-11(2)17-18(4)12(13)3)15(20)19-8-6-5-7-14(19)16(21)22/h10,14H,5-9H2,1-4H3,(H,21,22)/t10-,14-/m1/s1. The second-order valence-electron chi connectivity index (χ2n) is 6.26. The second-order valence-corrected chi connectivity index (χ2v) is 6.26. The van der Waals surface area contributed by atoms with E-state index in [4.69, 9.17) is 0 Å². The molecule has 1 N–H and O–H groups in total. The Hall–Kier alpha value is -1.85. The van der Waals surface area contributed by atoms with Gasteiger partial charge in [-0.15, -0.1) is 0 Å². The van der Waals surface area contributed by atoms with Crippen LogP contribution in [0.15, 0.2) is 0 Å². The molecule has 22 heavy (non-hydrogen) atoms. The predicted molar refractivity (Wildman–Crippen MR) is 82.5 cm³/mol. The molecular weight excluding hydrogens is 282 g/mol. The van der Waals surface area contributed by atoms with Gasteiger partial charge in [0.05, 0.1) is 5.69 Å². The van der Waals surface area contributed by atoms with Gasteiger partial charge in [-0.3, -0.25) is 9.48 Å². The summed E-state index contributed by atoms with van der Waals surface area (Å²) in [4.78, 5) is 25.6. The van der Waals surface area contributed by atoms with Crippen molar-refractivity contribution >= 4 is 11.9 Å². The monoisotopic (exact) mass is 307 g/mol. The van der Waals surface area contributed by atoms with E-state index in [1.807, 2.05) is 32.5 Å².